The molecule has 0 aliphatic carbocycles. The molecular formula is C18H26N4O2. The highest BCUT2D eigenvalue weighted by atomic mass is 16.5. The van der Waals surface area contributed by atoms with Crippen molar-refractivity contribution in [2.24, 2.45) is 0 Å². The molecule has 1 saturated heterocycles. The maximum Gasteiger partial charge on any atom is 0.270 e. The summed E-state index contributed by atoms with van der Waals surface area (Å²) in [7, 11) is 1.70. The minimum atomic E-state index is -0.0958. The van der Waals surface area contributed by atoms with Crippen LogP contribution >= 0.6 is 0 Å². The Hall–Kier alpha value is -1.92. The Morgan fingerprint density at radius 2 is 2.12 bits per heavy atom. The zero-order valence-corrected chi connectivity index (χ0v) is 15.0. The van der Waals surface area contributed by atoms with Crippen molar-refractivity contribution in [3.8, 4) is 0 Å². The number of likely N-dealkylation sites (tertiary alicyclic amines) is 1. The Morgan fingerprint density at radius 1 is 1.38 bits per heavy atom. The molecule has 6 nitrogen and oxygen atoms in total. The minimum absolute atomic E-state index is 0.0121. The van der Waals surface area contributed by atoms with Crippen LogP contribution in [0.15, 0.2) is 18.3 Å². The monoisotopic (exact) mass is 330 g/mol. The van der Waals surface area contributed by atoms with Gasteiger partial charge >= 0.3 is 0 Å². The Bertz CT molecular complexity index is 753. The number of carbonyl (C=O) groups is 1. The molecule has 1 amide bonds. The SMILES string of the molecule is CO[C@@H]1CN(C(C)C)C[C@H]1NC(=O)c1c(C)nc2cc(C)ccn12. The normalized spacial score (nSPS) is 21.8. The maximum absolute atomic E-state index is 12.9. The first kappa shape index (κ1) is 16.9. The van der Waals surface area contributed by atoms with Gasteiger partial charge in [0.25, 0.3) is 5.91 Å². The highest BCUT2D eigenvalue weighted by molar-refractivity contribution is 5.95. The molecule has 1 N–H and O–H groups in total. The molecule has 130 valence electrons. The number of aryl methyl sites for hydroxylation is 2. The van der Waals surface area contributed by atoms with Gasteiger partial charge in [0.2, 0.25) is 0 Å². The van der Waals surface area contributed by atoms with Crippen molar-refractivity contribution in [1.82, 2.24) is 19.6 Å². The smallest absolute Gasteiger partial charge is 0.270 e. The van der Waals surface area contributed by atoms with E-state index in [9.17, 15) is 4.79 Å². The third-order valence-corrected chi connectivity index (χ3v) is 4.82. The van der Waals surface area contributed by atoms with Gasteiger partial charge in [0.15, 0.2) is 0 Å². The minimum Gasteiger partial charge on any atom is -0.378 e. The van der Waals surface area contributed by atoms with Gasteiger partial charge in [0.05, 0.1) is 17.8 Å². The third kappa shape index (κ3) is 3.03. The van der Waals surface area contributed by atoms with E-state index in [-0.39, 0.29) is 18.1 Å². The van der Waals surface area contributed by atoms with Crippen LogP contribution in [-0.4, -0.2) is 58.6 Å². The van der Waals surface area contributed by atoms with E-state index in [1.165, 1.54) is 0 Å². The molecule has 0 saturated carbocycles. The lowest BCUT2D eigenvalue weighted by Gasteiger charge is -2.20. The number of pyridine rings is 1. The summed E-state index contributed by atoms with van der Waals surface area (Å²) in [4.78, 5) is 19.7. The fourth-order valence-electron chi connectivity index (χ4n) is 3.38. The molecule has 0 unspecified atom stereocenters. The average Bonchev–Trinajstić information content (AvgIpc) is 3.06. The topological polar surface area (TPSA) is 58.9 Å². The predicted molar refractivity (Wildman–Crippen MR) is 93.4 cm³/mol. The molecule has 2 aromatic heterocycles. The van der Waals surface area contributed by atoms with Crippen molar-refractivity contribution < 1.29 is 9.53 Å². The lowest BCUT2D eigenvalue weighted by Crippen LogP contribution is -2.44. The summed E-state index contributed by atoms with van der Waals surface area (Å²) in [5.74, 6) is -0.0958. The van der Waals surface area contributed by atoms with E-state index in [4.69, 9.17) is 4.74 Å². The standard InChI is InChI=1S/C18H26N4O2/c1-11(2)21-9-14(15(10-21)24-5)20-18(23)17-13(4)19-16-8-12(3)6-7-22(16)17/h6-8,11,14-15H,9-10H2,1-5H3,(H,20,23)/t14-,15-/m1/s1. The van der Waals surface area contributed by atoms with Crippen LogP contribution < -0.4 is 5.32 Å². The summed E-state index contributed by atoms with van der Waals surface area (Å²) < 4.78 is 7.43. The van der Waals surface area contributed by atoms with Crippen LogP contribution in [0.3, 0.4) is 0 Å². The number of ether oxygens (including phenoxy) is 1. The van der Waals surface area contributed by atoms with E-state index in [1.54, 1.807) is 7.11 Å². The van der Waals surface area contributed by atoms with Crippen molar-refractivity contribution in [1.29, 1.82) is 0 Å². The van der Waals surface area contributed by atoms with Gasteiger partial charge in [0, 0.05) is 32.4 Å². The van der Waals surface area contributed by atoms with E-state index >= 15 is 0 Å². The highest BCUT2D eigenvalue weighted by Gasteiger charge is 2.35. The van der Waals surface area contributed by atoms with Gasteiger partial charge in [-0.15, -0.1) is 0 Å². The number of hydrogen-bond acceptors (Lipinski definition) is 4. The second-order valence-corrected chi connectivity index (χ2v) is 6.88. The van der Waals surface area contributed by atoms with Crippen molar-refractivity contribution >= 4 is 11.6 Å². The molecule has 6 heteroatoms. The number of rotatable bonds is 4. The van der Waals surface area contributed by atoms with Gasteiger partial charge < -0.3 is 10.1 Å². The van der Waals surface area contributed by atoms with Crippen LogP contribution in [0.1, 0.15) is 35.6 Å². The molecular weight excluding hydrogens is 304 g/mol. The Morgan fingerprint density at radius 3 is 2.79 bits per heavy atom. The van der Waals surface area contributed by atoms with E-state index in [2.05, 4.69) is 29.0 Å². The summed E-state index contributed by atoms with van der Waals surface area (Å²) in [6.45, 7) is 9.86. The third-order valence-electron chi connectivity index (χ3n) is 4.82. The van der Waals surface area contributed by atoms with Crippen LogP contribution in [0.2, 0.25) is 0 Å². The largest absolute Gasteiger partial charge is 0.378 e. The fraction of sp³-hybridized carbons (Fsp3) is 0.556. The Labute approximate surface area is 142 Å². The number of imidazole rings is 1. The molecule has 3 rings (SSSR count). The van der Waals surface area contributed by atoms with Gasteiger partial charge in [-0.2, -0.15) is 0 Å². The van der Waals surface area contributed by atoms with Gasteiger partial charge in [-0.25, -0.2) is 4.98 Å². The number of nitrogens with one attached hydrogen (secondary N) is 1. The van der Waals surface area contributed by atoms with Crippen molar-refractivity contribution in [2.75, 3.05) is 20.2 Å². The van der Waals surface area contributed by atoms with E-state index < -0.39 is 0 Å². The van der Waals surface area contributed by atoms with Crippen LogP contribution in [0.25, 0.3) is 5.65 Å². The first-order valence-corrected chi connectivity index (χ1v) is 8.43. The highest BCUT2D eigenvalue weighted by Crippen LogP contribution is 2.18. The number of amides is 1. The first-order chi connectivity index (χ1) is 11.4. The first-order valence-electron chi connectivity index (χ1n) is 8.43. The number of nitrogens with zero attached hydrogens (tertiary/aromatic N) is 3. The molecule has 1 aliphatic heterocycles. The lowest BCUT2D eigenvalue weighted by atomic mass is 10.2. The number of methoxy groups -OCH3 is 1. The fourth-order valence-corrected chi connectivity index (χ4v) is 3.38. The average molecular weight is 330 g/mol. The van der Waals surface area contributed by atoms with Crippen LogP contribution in [-0.2, 0) is 4.74 Å². The second kappa shape index (κ2) is 6.53. The van der Waals surface area contributed by atoms with Gasteiger partial charge in [0.1, 0.15) is 11.3 Å². The molecule has 24 heavy (non-hydrogen) atoms. The van der Waals surface area contributed by atoms with Crippen LogP contribution in [0.5, 0.6) is 0 Å². The van der Waals surface area contributed by atoms with E-state index in [0.717, 1.165) is 30.0 Å². The zero-order valence-electron chi connectivity index (χ0n) is 15.0. The van der Waals surface area contributed by atoms with Gasteiger partial charge in [-0.05, 0) is 45.4 Å². The summed E-state index contributed by atoms with van der Waals surface area (Å²) in [5, 5.41) is 3.15. The zero-order chi connectivity index (χ0) is 17.4. The Kier molecular flexibility index (Phi) is 4.60. The molecule has 0 radical (unpaired) electrons. The molecule has 1 fully saturated rings. The summed E-state index contributed by atoms with van der Waals surface area (Å²) in [6.07, 6.45) is 1.92. The van der Waals surface area contributed by atoms with Crippen molar-refractivity contribution in [3.63, 3.8) is 0 Å². The number of carbonyl (C=O) groups excluding carboxylic acids is 1. The molecule has 0 spiro atoms. The summed E-state index contributed by atoms with van der Waals surface area (Å²) >= 11 is 0. The molecule has 2 atom stereocenters. The molecule has 3 heterocycles. The van der Waals surface area contributed by atoms with Crippen LogP contribution in [0.4, 0.5) is 0 Å². The summed E-state index contributed by atoms with van der Waals surface area (Å²) in [6, 6.07) is 4.39. The molecule has 0 bridgehead atoms. The maximum atomic E-state index is 12.9. The quantitative estimate of drug-likeness (QED) is 0.928. The Balaban J connectivity index is 1.84. The number of aromatic nitrogens is 2. The number of fused-ring (bicyclic) bond motifs is 1. The lowest BCUT2D eigenvalue weighted by molar-refractivity contribution is 0.0749. The van der Waals surface area contributed by atoms with Crippen LogP contribution in [0, 0.1) is 13.8 Å². The van der Waals surface area contributed by atoms with Crippen molar-refractivity contribution in [2.45, 2.75) is 45.9 Å². The van der Waals surface area contributed by atoms with Gasteiger partial charge in [-0.1, -0.05) is 0 Å². The molecule has 0 aromatic carbocycles. The second-order valence-electron chi connectivity index (χ2n) is 6.88. The number of hydrogen-bond donors (Lipinski definition) is 1. The van der Waals surface area contributed by atoms with Crippen molar-refractivity contribution in [3.05, 3.63) is 35.3 Å². The molecule has 2 aromatic rings. The van der Waals surface area contributed by atoms with E-state index in [0.29, 0.717) is 11.7 Å². The predicted octanol–water partition coefficient (Wildman–Crippen LogP) is 1.79. The summed E-state index contributed by atoms with van der Waals surface area (Å²) in [5.41, 5.74) is 3.27. The van der Waals surface area contributed by atoms with E-state index in [1.807, 2.05) is 36.6 Å². The van der Waals surface area contributed by atoms with Gasteiger partial charge in [-0.3, -0.25) is 14.1 Å². The molecule has 1 aliphatic rings.